The Balaban J connectivity index is 2.29. The standard InChI is InChI=1S/C7H14N2O2/c1-6-5-7(10)9(11-6)4-2-3-8/h6H,2-5,8H2,1H3. The molecule has 1 atom stereocenters. The second kappa shape index (κ2) is 3.69. The molecule has 0 aromatic rings. The van der Waals surface area contributed by atoms with Gasteiger partial charge in [-0.3, -0.25) is 9.63 Å². The van der Waals surface area contributed by atoms with Gasteiger partial charge in [0.05, 0.1) is 12.5 Å². The van der Waals surface area contributed by atoms with E-state index in [0.717, 1.165) is 6.42 Å². The molecule has 0 saturated carbocycles. The first-order valence-electron chi connectivity index (χ1n) is 3.91. The Morgan fingerprint density at radius 3 is 3.00 bits per heavy atom. The van der Waals surface area contributed by atoms with Crippen LogP contribution in [0.2, 0.25) is 0 Å². The number of hydroxylamine groups is 2. The van der Waals surface area contributed by atoms with Crippen LogP contribution in [0.3, 0.4) is 0 Å². The lowest BCUT2D eigenvalue weighted by atomic mass is 10.3. The molecule has 64 valence electrons. The summed E-state index contributed by atoms with van der Waals surface area (Å²) < 4.78 is 0. The smallest absolute Gasteiger partial charge is 0.248 e. The lowest BCUT2D eigenvalue weighted by Crippen LogP contribution is -2.26. The van der Waals surface area contributed by atoms with Gasteiger partial charge in [-0.25, -0.2) is 5.06 Å². The number of nitrogens with zero attached hydrogens (tertiary/aromatic N) is 1. The highest BCUT2D eigenvalue weighted by atomic mass is 16.7. The van der Waals surface area contributed by atoms with Gasteiger partial charge >= 0.3 is 0 Å². The van der Waals surface area contributed by atoms with Gasteiger partial charge in [0, 0.05) is 6.54 Å². The summed E-state index contributed by atoms with van der Waals surface area (Å²) in [5.41, 5.74) is 5.29. The quantitative estimate of drug-likeness (QED) is 0.623. The average molecular weight is 158 g/mol. The van der Waals surface area contributed by atoms with Crippen LogP contribution in [0.15, 0.2) is 0 Å². The molecular formula is C7H14N2O2. The summed E-state index contributed by atoms with van der Waals surface area (Å²) in [5, 5.41) is 1.41. The van der Waals surface area contributed by atoms with Crippen molar-refractivity contribution in [3.63, 3.8) is 0 Å². The molecule has 1 heterocycles. The normalized spacial score (nSPS) is 24.7. The van der Waals surface area contributed by atoms with Crippen molar-refractivity contribution >= 4 is 5.91 Å². The van der Waals surface area contributed by atoms with Gasteiger partial charge in [-0.2, -0.15) is 0 Å². The molecule has 0 aromatic heterocycles. The fourth-order valence-electron chi connectivity index (χ4n) is 1.07. The second-order valence-corrected chi connectivity index (χ2v) is 2.76. The molecular weight excluding hydrogens is 144 g/mol. The summed E-state index contributed by atoms with van der Waals surface area (Å²) in [5.74, 6) is 0.0750. The molecule has 1 rings (SSSR count). The van der Waals surface area contributed by atoms with E-state index in [1.54, 1.807) is 0 Å². The van der Waals surface area contributed by atoms with Crippen molar-refractivity contribution < 1.29 is 9.63 Å². The Bertz CT molecular complexity index is 149. The zero-order valence-corrected chi connectivity index (χ0v) is 6.75. The zero-order valence-electron chi connectivity index (χ0n) is 6.75. The van der Waals surface area contributed by atoms with Gasteiger partial charge in [0.25, 0.3) is 0 Å². The van der Waals surface area contributed by atoms with Crippen molar-refractivity contribution in [2.45, 2.75) is 25.9 Å². The Labute approximate surface area is 66.3 Å². The molecule has 0 spiro atoms. The molecule has 4 heteroatoms. The number of hydrogen-bond donors (Lipinski definition) is 1. The topological polar surface area (TPSA) is 55.6 Å². The van der Waals surface area contributed by atoms with Crippen LogP contribution in [0.5, 0.6) is 0 Å². The van der Waals surface area contributed by atoms with Crippen LogP contribution in [0.4, 0.5) is 0 Å². The van der Waals surface area contributed by atoms with E-state index >= 15 is 0 Å². The molecule has 1 aliphatic rings. The van der Waals surface area contributed by atoms with Crippen molar-refractivity contribution in [1.29, 1.82) is 0 Å². The van der Waals surface area contributed by atoms with E-state index in [9.17, 15) is 4.79 Å². The molecule has 0 aromatic carbocycles. The third kappa shape index (κ3) is 2.17. The number of hydrogen-bond acceptors (Lipinski definition) is 3. The van der Waals surface area contributed by atoms with Crippen LogP contribution >= 0.6 is 0 Å². The van der Waals surface area contributed by atoms with Crippen molar-refractivity contribution in [3.05, 3.63) is 0 Å². The number of carbonyl (C=O) groups is 1. The van der Waals surface area contributed by atoms with Gasteiger partial charge in [-0.15, -0.1) is 0 Å². The van der Waals surface area contributed by atoms with Crippen LogP contribution < -0.4 is 5.73 Å². The fraction of sp³-hybridized carbons (Fsp3) is 0.857. The van der Waals surface area contributed by atoms with E-state index in [4.69, 9.17) is 10.6 Å². The Morgan fingerprint density at radius 2 is 2.55 bits per heavy atom. The third-order valence-corrected chi connectivity index (χ3v) is 1.61. The Morgan fingerprint density at radius 1 is 1.82 bits per heavy atom. The highest BCUT2D eigenvalue weighted by Crippen LogP contribution is 2.13. The lowest BCUT2D eigenvalue weighted by Gasteiger charge is -2.13. The minimum absolute atomic E-state index is 0.0419. The average Bonchev–Trinajstić information content (AvgIpc) is 2.26. The first-order chi connectivity index (χ1) is 5.24. The molecule has 2 N–H and O–H groups in total. The number of amides is 1. The van der Waals surface area contributed by atoms with E-state index in [2.05, 4.69) is 0 Å². The number of carbonyl (C=O) groups excluding carboxylic acids is 1. The van der Waals surface area contributed by atoms with Gasteiger partial charge in [0.15, 0.2) is 0 Å². The summed E-state index contributed by atoms with van der Waals surface area (Å²) in [7, 11) is 0. The number of nitrogens with two attached hydrogens (primary N) is 1. The molecule has 4 nitrogen and oxygen atoms in total. The van der Waals surface area contributed by atoms with E-state index < -0.39 is 0 Å². The van der Waals surface area contributed by atoms with Crippen molar-refractivity contribution in [2.24, 2.45) is 5.73 Å². The van der Waals surface area contributed by atoms with Gasteiger partial charge < -0.3 is 5.73 Å². The minimum atomic E-state index is 0.0419. The first-order valence-corrected chi connectivity index (χ1v) is 3.91. The van der Waals surface area contributed by atoms with Crippen LogP contribution in [0.1, 0.15) is 19.8 Å². The molecule has 1 unspecified atom stereocenters. The monoisotopic (exact) mass is 158 g/mol. The maximum atomic E-state index is 11.1. The van der Waals surface area contributed by atoms with Crippen LogP contribution in [0, 0.1) is 0 Å². The molecule has 0 bridgehead atoms. The fourth-order valence-corrected chi connectivity index (χ4v) is 1.07. The Kier molecular flexibility index (Phi) is 2.84. The Hall–Kier alpha value is -0.610. The predicted octanol–water partition coefficient (Wildman–Crippen LogP) is -0.112. The molecule has 1 saturated heterocycles. The highest BCUT2D eigenvalue weighted by Gasteiger charge is 2.26. The summed E-state index contributed by atoms with van der Waals surface area (Å²) in [4.78, 5) is 16.3. The summed E-state index contributed by atoms with van der Waals surface area (Å²) >= 11 is 0. The van der Waals surface area contributed by atoms with Gasteiger partial charge in [-0.05, 0) is 19.9 Å². The van der Waals surface area contributed by atoms with E-state index in [-0.39, 0.29) is 12.0 Å². The molecule has 11 heavy (non-hydrogen) atoms. The highest BCUT2D eigenvalue weighted by molar-refractivity contribution is 5.76. The predicted molar refractivity (Wildman–Crippen MR) is 40.5 cm³/mol. The van der Waals surface area contributed by atoms with Crippen molar-refractivity contribution in [1.82, 2.24) is 5.06 Å². The van der Waals surface area contributed by atoms with Crippen LogP contribution in [0.25, 0.3) is 0 Å². The second-order valence-electron chi connectivity index (χ2n) is 2.76. The van der Waals surface area contributed by atoms with E-state index in [0.29, 0.717) is 19.5 Å². The van der Waals surface area contributed by atoms with Gasteiger partial charge in [0.2, 0.25) is 5.91 Å². The van der Waals surface area contributed by atoms with Crippen LogP contribution in [-0.2, 0) is 9.63 Å². The largest absolute Gasteiger partial charge is 0.330 e. The van der Waals surface area contributed by atoms with Crippen molar-refractivity contribution in [2.75, 3.05) is 13.1 Å². The SMILES string of the molecule is CC1CC(=O)N(CCCN)O1. The van der Waals surface area contributed by atoms with Gasteiger partial charge in [-0.1, -0.05) is 0 Å². The van der Waals surface area contributed by atoms with Crippen molar-refractivity contribution in [3.8, 4) is 0 Å². The third-order valence-electron chi connectivity index (χ3n) is 1.61. The zero-order chi connectivity index (χ0) is 8.27. The van der Waals surface area contributed by atoms with Crippen LogP contribution in [-0.4, -0.2) is 30.2 Å². The van der Waals surface area contributed by atoms with Gasteiger partial charge in [0.1, 0.15) is 0 Å². The maximum absolute atomic E-state index is 11.1. The summed E-state index contributed by atoms with van der Waals surface area (Å²) in [6.45, 7) is 3.11. The molecule has 1 aliphatic heterocycles. The van der Waals surface area contributed by atoms with E-state index in [1.807, 2.05) is 6.92 Å². The number of rotatable bonds is 3. The lowest BCUT2D eigenvalue weighted by molar-refractivity contribution is -0.170. The molecule has 1 amide bonds. The van der Waals surface area contributed by atoms with E-state index in [1.165, 1.54) is 5.06 Å². The summed E-state index contributed by atoms with van der Waals surface area (Å²) in [6.07, 6.45) is 1.35. The molecule has 1 fully saturated rings. The molecule has 0 radical (unpaired) electrons. The first kappa shape index (κ1) is 8.49. The summed E-state index contributed by atoms with van der Waals surface area (Å²) in [6, 6.07) is 0. The minimum Gasteiger partial charge on any atom is -0.330 e. The maximum Gasteiger partial charge on any atom is 0.248 e. The molecule has 0 aliphatic carbocycles.